The summed E-state index contributed by atoms with van der Waals surface area (Å²) < 4.78 is 10.2. The van der Waals surface area contributed by atoms with Crippen LogP contribution in [0.5, 0.6) is 0 Å². The van der Waals surface area contributed by atoms with Crippen LogP contribution in [-0.4, -0.2) is 69.2 Å². The first-order valence-electron chi connectivity index (χ1n) is 6.68. The molecule has 0 amide bonds. The molecular weight excluding hydrogens is 232 g/mol. The van der Waals surface area contributed by atoms with Crippen molar-refractivity contribution in [1.82, 2.24) is 4.90 Å². The van der Waals surface area contributed by atoms with E-state index in [1.807, 2.05) is 0 Å². The largest absolute Gasteiger partial charge is 0.389 e. The summed E-state index contributed by atoms with van der Waals surface area (Å²) >= 11 is 0. The number of methoxy groups -OCH3 is 2. The average Bonchev–Trinajstić information content (AvgIpc) is 2.36. The maximum Gasteiger partial charge on any atom is 0.0741 e. The third-order valence-electron chi connectivity index (χ3n) is 3.10. The van der Waals surface area contributed by atoms with Gasteiger partial charge in [0.1, 0.15) is 0 Å². The van der Waals surface area contributed by atoms with E-state index in [-0.39, 0.29) is 0 Å². The van der Waals surface area contributed by atoms with Gasteiger partial charge in [0.2, 0.25) is 0 Å². The number of ether oxygens (including phenoxy) is 2. The lowest BCUT2D eigenvalue weighted by Crippen LogP contribution is -2.35. The first-order valence-corrected chi connectivity index (χ1v) is 6.68. The van der Waals surface area contributed by atoms with Crippen molar-refractivity contribution in [2.75, 3.05) is 53.6 Å². The summed E-state index contributed by atoms with van der Waals surface area (Å²) in [6.45, 7) is 6.45. The third kappa shape index (κ3) is 9.79. The van der Waals surface area contributed by atoms with E-state index in [4.69, 9.17) is 15.2 Å². The van der Waals surface area contributed by atoms with Crippen LogP contribution in [0.2, 0.25) is 0 Å². The second-order valence-corrected chi connectivity index (χ2v) is 4.99. The van der Waals surface area contributed by atoms with Crippen molar-refractivity contribution in [1.29, 1.82) is 0 Å². The molecule has 5 nitrogen and oxygen atoms in total. The summed E-state index contributed by atoms with van der Waals surface area (Å²) in [5.41, 5.74) is 4.77. The minimum atomic E-state index is -0.718. The lowest BCUT2D eigenvalue weighted by Gasteiger charge is -2.23. The predicted molar refractivity (Wildman–Crippen MR) is 73.7 cm³/mol. The van der Waals surface area contributed by atoms with Crippen LogP contribution in [0, 0.1) is 0 Å². The summed E-state index contributed by atoms with van der Waals surface area (Å²) in [6.07, 6.45) is 2.80. The van der Waals surface area contributed by atoms with E-state index in [9.17, 15) is 5.11 Å². The zero-order chi connectivity index (χ0) is 13.9. The average molecular weight is 262 g/mol. The van der Waals surface area contributed by atoms with E-state index in [2.05, 4.69) is 4.90 Å². The third-order valence-corrected chi connectivity index (χ3v) is 3.10. The van der Waals surface area contributed by atoms with Gasteiger partial charge in [-0.3, -0.25) is 4.90 Å². The van der Waals surface area contributed by atoms with Gasteiger partial charge in [-0.05, 0) is 32.7 Å². The molecule has 18 heavy (non-hydrogen) atoms. The summed E-state index contributed by atoms with van der Waals surface area (Å²) in [5, 5.41) is 9.79. The van der Waals surface area contributed by atoms with Gasteiger partial charge < -0.3 is 20.3 Å². The highest BCUT2D eigenvalue weighted by Gasteiger charge is 2.17. The Kier molecular flexibility index (Phi) is 10.6. The van der Waals surface area contributed by atoms with Gasteiger partial charge in [-0.15, -0.1) is 0 Å². The Hall–Kier alpha value is -0.200. The van der Waals surface area contributed by atoms with Crippen LogP contribution < -0.4 is 5.73 Å². The molecule has 3 N–H and O–H groups in total. The molecule has 0 bridgehead atoms. The van der Waals surface area contributed by atoms with Crippen molar-refractivity contribution in [3.63, 3.8) is 0 Å². The zero-order valence-corrected chi connectivity index (χ0v) is 12.2. The van der Waals surface area contributed by atoms with E-state index >= 15 is 0 Å². The lowest BCUT2D eigenvalue weighted by molar-refractivity contribution is 0.0553. The molecule has 0 radical (unpaired) electrons. The molecule has 1 unspecified atom stereocenters. The van der Waals surface area contributed by atoms with Crippen molar-refractivity contribution in [2.45, 2.75) is 31.8 Å². The number of hydrogen-bond donors (Lipinski definition) is 2. The van der Waals surface area contributed by atoms with Gasteiger partial charge in [-0.2, -0.15) is 0 Å². The minimum Gasteiger partial charge on any atom is -0.389 e. The van der Waals surface area contributed by atoms with E-state index in [1.54, 1.807) is 21.1 Å². The summed E-state index contributed by atoms with van der Waals surface area (Å²) in [5.74, 6) is 0. The van der Waals surface area contributed by atoms with Crippen molar-refractivity contribution < 1.29 is 14.6 Å². The first kappa shape index (κ1) is 17.8. The molecule has 0 fully saturated rings. The Morgan fingerprint density at radius 2 is 1.61 bits per heavy atom. The van der Waals surface area contributed by atoms with Gasteiger partial charge >= 0.3 is 0 Å². The van der Waals surface area contributed by atoms with E-state index < -0.39 is 5.60 Å². The highest BCUT2D eigenvalue weighted by atomic mass is 16.5. The molecule has 5 heteroatoms. The molecule has 110 valence electrons. The second kappa shape index (κ2) is 10.7. The molecule has 0 aliphatic rings. The van der Waals surface area contributed by atoms with Crippen LogP contribution >= 0.6 is 0 Å². The van der Waals surface area contributed by atoms with Gasteiger partial charge in [0.25, 0.3) is 0 Å². The Labute approximate surface area is 111 Å². The molecule has 0 aliphatic heterocycles. The Balaban J connectivity index is 3.73. The molecule has 0 saturated heterocycles. The van der Waals surface area contributed by atoms with Crippen LogP contribution in [0.25, 0.3) is 0 Å². The molecule has 0 spiro atoms. The monoisotopic (exact) mass is 262 g/mol. The molecule has 0 rings (SSSR count). The van der Waals surface area contributed by atoms with E-state index in [1.165, 1.54) is 0 Å². The van der Waals surface area contributed by atoms with Crippen LogP contribution in [0.15, 0.2) is 0 Å². The molecular formula is C13H30N2O3. The summed E-state index contributed by atoms with van der Waals surface area (Å²) in [4.78, 5) is 2.32. The normalized spacial score (nSPS) is 15.0. The molecule has 1 atom stereocenters. The number of nitrogens with two attached hydrogens (primary N) is 1. The molecule has 0 heterocycles. The van der Waals surface area contributed by atoms with Gasteiger partial charge in [0, 0.05) is 33.9 Å². The topological polar surface area (TPSA) is 68.0 Å². The maximum absolute atomic E-state index is 9.79. The van der Waals surface area contributed by atoms with Crippen LogP contribution in [0.4, 0.5) is 0 Å². The van der Waals surface area contributed by atoms with Crippen molar-refractivity contribution >= 4 is 0 Å². The summed E-state index contributed by atoms with van der Waals surface area (Å²) in [6, 6.07) is 0. The number of hydrogen-bond acceptors (Lipinski definition) is 5. The maximum atomic E-state index is 9.79. The molecule has 0 aliphatic carbocycles. The lowest BCUT2D eigenvalue weighted by atomic mass is 9.99. The fourth-order valence-corrected chi connectivity index (χ4v) is 1.72. The first-order chi connectivity index (χ1) is 8.55. The Morgan fingerprint density at radius 3 is 2.06 bits per heavy atom. The standard InChI is InChI=1S/C13H30N2O3/c1-13(16,12-14)6-4-5-7-15(8-10-17-2)9-11-18-3/h16H,4-12,14H2,1-3H3. The zero-order valence-electron chi connectivity index (χ0n) is 12.2. The smallest absolute Gasteiger partial charge is 0.0741 e. The van der Waals surface area contributed by atoms with E-state index in [0.29, 0.717) is 6.54 Å². The van der Waals surface area contributed by atoms with Gasteiger partial charge in [-0.1, -0.05) is 0 Å². The number of rotatable bonds is 12. The van der Waals surface area contributed by atoms with Crippen molar-refractivity contribution in [2.24, 2.45) is 5.73 Å². The molecule has 0 aromatic carbocycles. The van der Waals surface area contributed by atoms with Crippen LogP contribution in [0.3, 0.4) is 0 Å². The fraction of sp³-hybridized carbons (Fsp3) is 1.00. The number of nitrogens with zero attached hydrogens (tertiary/aromatic N) is 1. The second-order valence-electron chi connectivity index (χ2n) is 4.99. The highest BCUT2D eigenvalue weighted by Crippen LogP contribution is 2.12. The Bertz CT molecular complexity index is 181. The van der Waals surface area contributed by atoms with Gasteiger partial charge in [0.05, 0.1) is 18.8 Å². The number of aliphatic hydroxyl groups is 1. The minimum absolute atomic E-state index is 0.323. The van der Waals surface area contributed by atoms with Gasteiger partial charge in [-0.25, -0.2) is 0 Å². The molecule has 0 aromatic rings. The quantitative estimate of drug-likeness (QED) is 0.500. The fourth-order valence-electron chi connectivity index (χ4n) is 1.72. The van der Waals surface area contributed by atoms with Crippen LogP contribution in [0.1, 0.15) is 26.2 Å². The SMILES string of the molecule is COCCN(CCCCC(C)(O)CN)CCOC. The summed E-state index contributed by atoms with van der Waals surface area (Å²) in [7, 11) is 3.43. The molecule has 0 saturated carbocycles. The highest BCUT2D eigenvalue weighted by molar-refractivity contribution is 4.73. The van der Waals surface area contributed by atoms with Gasteiger partial charge in [0.15, 0.2) is 0 Å². The van der Waals surface area contributed by atoms with Crippen molar-refractivity contribution in [3.8, 4) is 0 Å². The number of unbranched alkanes of at least 4 members (excludes halogenated alkanes) is 1. The van der Waals surface area contributed by atoms with Crippen LogP contribution in [-0.2, 0) is 9.47 Å². The van der Waals surface area contributed by atoms with Crippen molar-refractivity contribution in [3.05, 3.63) is 0 Å². The Morgan fingerprint density at radius 1 is 1.06 bits per heavy atom. The molecule has 0 aromatic heterocycles. The van der Waals surface area contributed by atoms with E-state index in [0.717, 1.165) is 52.1 Å². The predicted octanol–water partition coefficient (Wildman–Crippen LogP) is 0.461.